The predicted molar refractivity (Wildman–Crippen MR) is 132 cm³/mol. The van der Waals surface area contributed by atoms with Crippen molar-refractivity contribution >= 4 is 43.3 Å². The van der Waals surface area contributed by atoms with Gasteiger partial charge in [0, 0.05) is 30.7 Å². The molecule has 0 aliphatic carbocycles. The van der Waals surface area contributed by atoms with Gasteiger partial charge in [-0.3, -0.25) is 28.2 Å². The Bertz CT molecular complexity index is 833. The van der Waals surface area contributed by atoms with Crippen molar-refractivity contribution in [1.82, 2.24) is 10.6 Å². The molecule has 0 bridgehead atoms. The lowest BCUT2D eigenvalue weighted by Gasteiger charge is -2.33. The van der Waals surface area contributed by atoms with Crippen LogP contribution in [0.4, 0.5) is 0 Å². The van der Waals surface area contributed by atoms with E-state index in [0.717, 1.165) is 11.8 Å². The van der Waals surface area contributed by atoms with Crippen molar-refractivity contribution in [3.63, 3.8) is 0 Å². The van der Waals surface area contributed by atoms with Gasteiger partial charge in [0.2, 0.25) is 5.91 Å². The van der Waals surface area contributed by atoms with Crippen LogP contribution in [0.1, 0.15) is 26.7 Å². The summed E-state index contributed by atoms with van der Waals surface area (Å²) in [5, 5.41) is 4.31. The number of carbonyl (C=O) groups excluding carboxylic acids is 4. The number of likely N-dealkylation sites (N-methyl/N-ethyl adjacent to an activating group) is 1. The number of nitrogens with one attached hydrogen (secondary N) is 2. The van der Waals surface area contributed by atoms with Gasteiger partial charge in [0.1, 0.15) is 18.4 Å². The molecule has 1 heterocycles. The van der Waals surface area contributed by atoms with E-state index in [2.05, 4.69) is 10.6 Å². The number of carbonyl (C=O) groups is 4. The SMILES string of the molecule is COC(=O)C1CC(=O)O[C@H](C(C)(C)COP(=O)(O)OCC[N+](C)(C)C)C(=O)NCCC(=O)NCCS1. The minimum atomic E-state index is -4.45. The van der Waals surface area contributed by atoms with Crippen LogP contribution in [0.15, 0.2) is 0 Å². The highest BCUT2D eigenvalue weighted by Crippen LogP contribution is 2.45. The van der Waals surface area contributed by atoms with Crippen molar-refractivity contribution in [2.45, 2.75) is 38.0 Å². The molecular weight excluding hydrogens is 517 g/mol. The topological polar surface area (TPSA) is 167 Å². The van der Waals surface area contributed by atoms with Gasteiger partial charge in [-0.05, 0) is 0 Å². The van der Waals surface area contributed by atoms with Crippen LogP contribution in [-0.4, -0.2) is 111 Å². The molecule has 0 radical (unpaired) electrons. The first-order valence-corrected chi connectivity index (χ1v) is 14.0. The first-order chi connectivity index (χ1) is 16.6. The Labute approximate surface area is 216 Å². The van der Waals surface area contributed by atoms with Gasteiger partial charge in [0.15, 0.2) is 6.10 Å². The second kappa shape index (κ2) is 14.3. The predicted octanol–water partition coefficient (Wildman–Crippen LogP) is 0.0652. The first kappa shape index (κ1) is 32.3. The summed E-state index contributed by atoms with van der Waals surface area (Å²) in [6.45, 7) is 3.23. The average Bonchev–Trinajstić information content (AvgIpc) is 2.76. The third-order valence-electron chi connectivity index (χ3n) is 5.02. The number of phosphoric acid groups is 1. The third kappa shape index (κ3) is 12.5. The number of phosphoric ester groups is 1. The monoisotopic (exact) mass is 556 g/mol. The Hall–Kier alpha value is -1.70. The molecule has 1 aliphatic rings. The van der Waals surface area contributed by atoms with E-state index in [-0.39, 0.29) is 38.4 Å². The van der Waals surface area contributed by atoms with Crippen LogP contribution in [0.25, 0.3) is 0 Å². The highest BCUT2D eigenvalue weighted by Gasteiger charge is 2.41. The fraction of sp³-hybridized carbons (Fsp3) is 0.810. The lowest BCUT2D eigenvalue weighted by atomic mass is 9.86. The molecule has 3 N–H and O–H groups in total. The summed E-state index contributed by atoms with van der Waals surface area (Å²) in [5.74, 6) is -2.15. The van der Waals surface area contributed by atoms with Crippen LogP contribution in [0.5, 0.6) is 0 Å². The Morgan fingerprint density at radius 3 is 2.47 bits per heavy atom. The molecule has 3 atom stereocenters. The van der Waals surface area contributed by atoms with Crippen molar-refractivity contribution in [1.29, 1.82) is 0 Å². The maximum absolute atomic E-state index is 12.9. The number of cyclic esters (lactones) is 1. The van der Waals surface area contributed by atoms with Gasteiger partial charge in [-0.25, -0.2) is 4.57 Å². The van der Waals surface area contributed by atoms with Crippen LogP contribution < -0.4 is 10.6 Å². The molecule has 1 rings (SSSR count). The van der Waals surface area contributed by atoms with Crippen molar-refractivity contribution in [3.8, 4) is 0 Å². The molecule has 0 saturated carbocycles. The molecule has 1 saturated heterocycles. The van der Waals surface area contributed by atoms with Crippen molar-refractivity contribution in [3.05, 3.63) is 0 Å². The number of rotatable bonds is 9. The highest BCUT2D eigenvalue weighted by molar-refractivity contribution is 8.00. The van der Waals surface area contributed by atoms with Gasteiger partial charge in [-0.15, -0.1) is 11.8 Å². The van der Waals surface area contributed by atoms with Crippen LogP contribution in [-0.2, 0) is 42.3 Å². The standard InChI is InChI=1S/C21H38N3O10PS/c1-21(2,14-33-35(29,30)32-11-10-24(3,4)5)18-19(27)23-8-7-16(25)22-9-12-36-15(20(28)31-6)13-17(26)34-18/h15,18H,7-14H2,1-6H3,(H2-,22,23,25,27,29,30)/p+1/t15?,18-/m0/s1. The van der Waals surface area contributed by atoms with E-state index in [9.17, 15) is 28.6 Å². The zero-order chi connectivity index (χ0) is 27.6. The number of hydrogen-bond acceptors (Lipinski definition) is 10. The van der Waals surface area contributed by atoms with E-state index >= 15 is 0 Å². The van der Waals surface area contributed by atoms with E-state index in [4.69, 9.17) is 18.5 Å². The fourth-order valence-electron chi connectivity index (χ4n) is 2.90. The van der Waals surface area contributed by atoms with Crippen LogP contribution in [0.2, 0.25) is 0 Å². The molecular formula is C21H39N3O10PS+. The second-order valence-corrected chi connectivity index (χ2v) is 12.7. The largest absolute Gasteiger partial charge is 0.472 e. The summed E-state index contributed by atoms with van der Waals surface area (Å²) in [6.07, 6.45) is -1.84. The summed E-state index contributed by atoms with van der Waals surface area (Å²) in [5.41, 5.74) is -1.28. The molecule has 2 unspecified atom stereocenters. The lowest BCUT2D eigenvalue weighted by Crippen LogP contribution is -2.49. The van der Waals surface area contributed by atoms with E-state index in [1.54, 1.807) is 0 Å². The molecule has 0 aromatic carbocycles. The van der Waals surface area contributed by atoms with Gasteiger partial charge >= 0.3 is 19.8 Å². The maximum atomic E-state index is 12.9. The Morgan fingerprint density at radius 2 is 1.86 bits per heavy atom. The molecule has 1 fully saturated rings. The Morgan fingerprint density at radius 1 is 1.19 bits per heavy atom. The van der Waals surface area contributed by atoms with Crippen LogP contribution in [0, 0.1) is 5.41 Å². The molecule has 0 aromatic heterocycles. The van der Waals surface area contributed by atoms with E-state index in [1.807, 2.05) is 21.1 Å². The molecule has 15 heteroatoms. The lowest BCUT2D eigenvalue weighted by molar-refractivity contribution is -0.870. The zero-order valence-corrected chi connectivity index (χ0v) is 23.4. The summed E-state index contributed by atoms with van der Waals surface area (Å²) >= 11 is 1.12. The number of hydrogen-bond donors (Lipinski definition) is 3. The van der Waals surface area contributed by atoms with Crippen molar-refractivity contribution in [2.24, 2.45) is 5.41 Å². The molecule has 208 valence electrons. The summed E-state index contributed by atoms with van der Waals surface area (Å²) in [4.78, 5) is 59.8. The summed E-state index contributed by atoms with van der Waals surface area (Å²) in [7, 11) is 2.41. The summed E-state index contributed by atoms with van der Waals surface area (Å²) in [6, 6.07) is 0. The molecule has 0 aromatic rings. The molecule has 2 amide bonds. The fourth-order valence-corrected chi connectivity index (χ4v) is 4.78. The number of nitrogens with zero attached hydrogens (tertiary/aromatic N) is 1. The van der Waals surface area contributed by atoms with E-state index in [1.165, 1.54) is 21.0 Å². The van der Waals surface area contributed by atoms with Gasteiger partial charge in [0.25, 0.3) is 5.91 Å². The Kier molecular flexibility index (Phi) is 12.8. The Balaban J connectivity index is 3.00. The molecule has 0 spiro atoms. The van der Waals surface area contributed by atoms with Gasteiger partial charge < -0.3 is 29.5 Å². The summed E-state index contributed by atoms with van der Waals surface area (Å²) < 4.78 is 33.2. The van der Waals surface area contributed by atoms with Crippen LogP contribution >= 0.6 is 19.6 Å². The molecule has 1 aliphatic heterocycles. The second-order valence-electron chi connectivity index (χ2n) is 9.93. The number of methoxy groups -OCH3 is 1. The van der Waals surface area contributed by atoms with Gasteiger partial charge in [-0.2, -0.15) is 0 Å². The third-order valence-corrected chi connectivity index (χ3v) is 7.19. The first-order valence-electron chi connectivity index (χ1n) is 11.4. The average molecular weight is 557 g/mol. The smallest absolute Gasteiger partial charge is 0.468 e. The maximum Gasteiger partial charge on any atom is 0.472 e. The number of esters is 2. The minimum absolute atomic E-state index is 0.0135. The van der Waals surface area contributed by atoms with Gasteiger partial charge in [-0.1, -0.05) is 13.8 Å². The number of ether oxygens (including phenoxy) is 2. The quantitative estimate of drug-likeness (QED) is 0.200. The van der Waals surface area contributed by atoms with Gasteiger partial charge in [0.05, 0.1) is 41.3 Å². The van der Waals surface area contributed by atoms with Crippen molar-refractivity contribution < 1.29 is 51.6 Å². The normalized spacial score (nSPS) is 22.9. The van der Waals surface area contributed by atoms with Crippen LogP contribution in [0.3, 0.4) is 0 Å². The number of amides is 2. The highest BCUT2D eigenvalue weighted by atomic mass is 32.2. The minimum Gasteiger partial charge on any atom is -0.468 e. The molecule has 13 nitrogen and oxygen atoms in total. The van der Waals surface area contributed by atoms with E-state index in [0.29, 0.717) is 16.8 Å². The van der Waals surface area contributed by atoms with Crippen molar-refractivity contribution in [2.75, 3.05) is 66.9 Å². The van der Waals surface area contributed by atoms with E-state index < -0.39 is 49.0 Å². The molecule has 36 heavy (non-hydrogen) atoms. The number of thioether (sulfide) groups is 1. The number of quaternary nitrogens is 1. The zero-order valence-electron chi connectivity index (χ0n) is 21.7.